The smallest absolute Gasteiger partial charge is 0.252 e. The van der Waals surface area contributed by atoms with Crippen LogP contribution in [0.3, 0.4) is 0 Å². The number of aliphatic hydroxyl groups excluding tert-OH is 1. The van der Waals surface area contributed by atoms with Gasteiger partial charge in [0.05, 0.1) is 19.2 Å². The average molecular weight is 242 g/mol. The maximum Gasteiger partial charge on any atom is 0.252 e. The number of nitrogens with zero attached hydrogens (tertiary/aromatic N) is 2. The predicted octanol–water partition coefficient (Wildman–Crippen LogP) is -0.212. The molecular formula is C7H12F2N2O3S. The number of sulfonamides is 1. The van der Waals surface area contributed by atoms with E-state index >= 15 is 0 Å². The highest BCUT2D eigenvalue weighted by Crippen LogP contribution is 2.10. The fraction of sp³-hybridized carbons (Fsp3) is 0.857. The minimum Gasteiger partial charge on any atom is -0.395 e. The molecule has 0 spiro atoms. The predicted molar refractivity (Wildman–Crippen MR) is 48.7 cm³/mol. The largest absolute Gasteiger partial charge is 0.395 e. The van der Waals surface area contributed by atoms with Crippen LogP contribution in [0.4, 0.5) is 8.78 Å². The molecule has 1 N–H and O–H groups in total. The summed E-state index contributed by atoms with van der Waals surface area (Å²) in [6.07, 6.45) is -2.84. The number of rotatable bonds is 6. The number of nitriles is 1. The molecule has 0 heterocycles. The Bertz CT molecular complexity index is 326. The van der Waals surface area contributed by atoms with Gasteiger partial charge in [0.2, 0.25) is 10.0 Å². The summed E-state index contributed by atoms with van der Waals surface area (Å²) in [7, 11) is -4.08. The van der Waals surface area contributed by atoms with Gasteiger partial charge in [-0.3, -0.25) is 0 Å². The summed E-state index contributed by atoms with van der Waals surface area (Å²) in [5.74, 6) is 0. The van der Waals surface area contributed by atoms with Gasteiger partial charge >= 0.3 is 0 Å². The molecule has 0 aliphatic carbocycles. The molecule has 0 amide bonds. The lowest BCUT2D eigenvalue weighted by molar-refractivity contribution is 0.113. The van der Waals surface area contributed by atoms with Crippen molar-refractivity contribution in [3.05, 3.63) is 0 Å². The van der Waals surface area contributed by atoms with E-state index < -0.39 is 41.4 Å². The molecule has 0 aromatic carbocycles. The van der Waals surface area contributed by atoms with Crippen LogP contribution in [0.25, 0.3) is 0 Å². The summed E-state index contributed by atoms with van der Waals surface area (Å²) in [4.78, 5) is 0. The first kappa shape index (κ1) is 14.2. The van der Waals surface area contributed by atoms with Crippen LogP contribution in [0.1, 0.15) is 6.92 Å². The van der Waals surface area contributed by atoms with Crippen molar-refractivity contribution < 1.29 is 22.3 Å². The minimum absolute atomic E-state index is 0.422. The Labute approximate surface area is 87.0 Å². The quantitative estimate of drug-likeness (QED) is 0.698. The lowest BCUT2D eigenvalue weighted by Gasteiger charge is -2.21. The second kappa shape index (κ2) is 5.95. The first-order chi connectivity index (χ1) is 6.86. The van der Waals surface area contributed by atoms with Crippen molar-refractivity contribution in [1.82, 2.24) is 4.31 Å². The molecule has 0 fully saturated rings. The zero-order chi connectivity index (χ0) is 12.1. The van der Waals surface area contributed by atoms with Crippen molar-refractivity contribution in [2.75, 3.05) is 19.7 Å². The van der Waals surface area contributed by atoms with E-state index in [2.05, 4.69) is 0 Å². The topological polar surface area (TPSA) is 81.4 Å². The number of hydrogen-bond donors (Lipinski definition) is 1. The third-order valence-electron chi connectivity index (χ3n) is 1.68. The van der Waals surface area contributed by atoms with Crippen LogP contribution >= 0.6 is 0 Å². The minimum atomic E-state index is -4.08. The molecule has 1 unspecified atom stereocenters. The normalized spacial score (nSPS) is 14.2. The van der Waals surface area contributed by atoms with Gasteiger partial charge in [0.1, 0.15) is 0 Å². The second-order valence-corrected chi connectivity index (χ2v) is 5.04. The van der Waals surface area contributed by atoms with Crippen LogP contribution in [-0.2, 0) is 10.0 Å². The Hall–Kier alpha value is -0.780. The van der Waals surface area contributed by atoms with Crippen LogP contribution in [0.2, 0.25) is 0 Å². The van der Waals surface area contributed by atoms with Gasteiger partial charge in [-0.2, -0.15) is 9.57 Å². The Morgan fingerprint density at radius 1 is 1.53 bits per heavy atom. The molecule has 15 heavy (non-hydrogen) atoms. The van der Waals surface area contributed by atoms with E-state index in [9.17, 15) is 17.2 Å². The SMILES string of the molecule is CC(C#N)S(=O)(=O)N(CCO)CC(F)F. The molecule has 1 atom stereocenters. The monoisotopic (exact) mass is 242 g/mol. The van der Waals surface area contributed by atoms with Gasteiger partial charge in [-0.15, -0.1) is 0 Å². The molecule has 0 saturated heterocycles. The summed E-state index contributed by atoms with van der Waals surface area (Å²) >= 11 is 0. The van der Waals surface area contributed by atoms with Crippen molar-refractivity contribution >= 4 is 10.0 Å². The highest BCUT2D eigenvalue weighted by Gasteiger charge is 2.30. The Kier molecular flexibility index (Phi) is 5.64. The molecule has 8 heteroatoms. The van der Waals surface area contributed by atoms with Gasteiger partial charge < -0.3 is 5.11 Å². The lowest BCUT2D eigenvalue weighted by Crippen LogP contribution is -2.41. The summed E-state index contributed by atoms with van der Waals surface area (Å²) in [6.45, 7) is -0.900. The number of aliphatic hydroxyl groups is 1. The number of hydrogen-bond acceptors (Lipinski definition) is 4. The summed E-state index contributed by atoms with van der Waals surface area (Å²) < 4.78 is 47.4. The molecule has 0 aromatic heterocycles. The molecule has 0 rings (SSSR count). The van der Waals surface area contributed by atoms with Gasteiger partial charge in [0.25, 0.3) is 6.43 Å². The highest BCUT2D eigenvalue weighted by molar-refractivity contribution is 7.89. The molecule has 0 aliphatic rings. The Morgan fingerprint density at radius 3 is 2.40 bits per heavy atom. The molecule has 88 valence electrons. The maximum atomic E-state index is 12.0. The first-order valence-electron chi connectivity index (χ1n) is 4.13. The number of halogens is 2. The van der Waals surface area contributed by atoms with Gasteiger partial charge in [-0.1, -0.05) is 0 Å². The van der Waals surface area contributed by atoms with Crippen LogP contribution in [-0.4, -0.2) is 49.2 Å². The van der Waals surface area contributed by atoms with E-state index in [1.54, 1.807) is 0 Å². The second-order valence-electron chi connectivity index (χ2n) is 2.79. The Morgan fingerprint density at radius 2 is 2.07 bits per heavy atom. The van der Waals surface area contributed by atoms with Crippen LogP contribution in [0.15, 0.2) is 0 Å². The van der Waals surface area contributed by atoms with Crippen molar-refractivity contribution in [1.29, 1.82) is 5.26 Å². The third-order valence-corrected chi connectivity index (χ3v) is 3.73. The lowest BCUT2D eigenvalue weighted by atomic mass is 10.5. The van der Waals surface area contributed by atoms with Crippen molar-refractivity contribution in [3.8, 4) is 6.07 Å². The van der Waals surface area contributed by atoms with E-state index in [0.717, 1.165) is 6.92 Å². The molecule has 0 aromatic rings. The van der Waals surface area contributed by atoms with E-state index in [1.165, 1.54) is 6.07 Å². The van der Waals surface area contributed by atoms with Crippen LogP contribution in [0, 0.1) is 11.3 Å². The van der Waals surface area contributed by atoms with Gasteiger partial charge in [-0.05, 0) is 6.92 Å². The van der Waals surface area contributed by atoms with E-state index in [0.29, 0.717) is 4.31 Å². The van der Waals surface area contributed by atoms with Crippen molar-refractivity contribution in [2.45, 2.75) is 18.6 Å². The fourth-order valence-corrected chi connectivity index (χ4v) is 2.12. The maximum absolute atomic E-state index is 12.0. The van der Waals surface area contributed by atoms with Gasteiger partial charge in [-0.25, -0.2) is 17.2 Å². The fourth-order valence-electron chi connectivity index (χ4n) is 0.878. The Balaban J connectivity index is 4.84. The molecule has 5 nitrogen and oxygen atoms in total. The molecule has 0 bridgehead atoms. The number of alkyl halides is 2. The summed E-state index contributed by atoms with van der Waals surface area (Å²) in [6, 6.07) is 1.46. The first-order valence-corrected chi connectivity index (χ1v) is 5.64. The molecule has 0 saturated carbocycles. The van der Waals surface area contributed by atoms with E-state index in [4.69, 9.17) is 10.4 Å². The van der Waals surface area contributed by atoms with Crippen molar-refractivity contribution in [3.63, 3.8) is 0 Å². The summed E-state index contributed by atoms with van der Waals surface area (Å²) in [5, 5.41) is 15.5. The molecule has 0 radical (unpaired) electrons. The van der Waals surface area contributed by atoms with Gasteiger partial charge in [0, 0.05) is 6.54 Å². The zero-order valence-corrected chi connectivity index (χ0v) is 8.91. The third kappa shape index (κ3) is 4.07. The van der Waals surface area contributed by atoms with E-state index in [1.807, 2.05) is 0 Å². The summed E-state index contributed by atoms with van der Waals surface area (Å²) in [5.41, 5.74) is 0. The highest BCUT2D eigenvalue weighted by atomic mass is 32.2. The molecular weight excluding hydrogens is 230 g/mol. The average Bonchev–Trinajstić information content (AvgIpc) is 2.15. The molecule has 0 aliphatic heterocycles. The standard InChI is InChI=1S/C7H12F2N2O3S/c1-6(4-10)15(13,14)11(2-3-12)5-7(8)9/h6-7,12H,2-3,5H2,1H3. The van der Waals surface area contributed by atoms with Crippen LogP contribution < -0.4 is 0 Å². The van der Waals surface area contributed by atoms with Gasteiger partial charge in [0.15, 0.2) is 5.25 Å². The zero-order valence-electron chi connectivity index (χ0n) is 8.10. The van der Waals surface area contributed by atoms with Crippen molar-refractivity contribution in [2.24, 2.45) is 0 Å². The van der Waals surface area contributed by atoms with E-state index in [-0.39, 0.29) is 0 Å². The van der Waals surface area contributed by atoms with Crippen LogP contribution in [0.5, 0.6) is 0 Å².